The molecule has 0 saturated carbocycles. The second kappa shape index (κ2) is 4.67. The van der Waals surface area contributed by atoms with Crippen LogP contribution < -0.4 is 11.1 Å². The van der Waals surface area contributed by atoms with E-state index >= 15 is 0 Å². The molecule has 1 saturated heterocycles. The molecule has 0 bridgehead atoms. The predicted molar refractivity (Wildman–Crippen MR) is 51.2 cm³/mol. The fourth-order valence-corrected chi connectivity index (χ4v) is 1.75. The minimum atomic E-state index is -0.159. The first-order chi connectivity index (χ1) is 5.13. The lowest BCUT2D eigenvalue weighted by atomic mass is 9.91. The van der Waals surface area contributed by atoms with Crippen LogP contribution >= 0.6 is 12.4 Å². The summed E-state index contributed by atoms with van der Waals surface area (Å²) >= 11 is 0. The number of rotatable bonds is 2. The summed E-state index contributed by atoms with van der Waals surface area (Å²) in [7, 11) is 0. The van der Waals surface area contributed by atoms with E-state index in [0.717, 1.165) is 13.0 Å². The number of primary amides is 1. The quantitative estimate of drug-likeness (QED) is 0.671. The average Bonchev–Trinajstić information content (AvgIpc) is 2.32. The average molecular weight is 193 g/mol. The van der Waals surface area contributed by atoms with Gasteiger partial charge in [0.1, 0.15) is 0 Å². The number of carbonyl (C=O) groups is 1. The van der Waals surface area contributed by atoms with Gasteiger partial charge in [0.15, 0.2) is 0 Å². The third-order valence-electron chi connectivity index (χ3n) is 2.35. The van der Waals surface area contributed by atoms with Gasteiger partial charge in [0, 0.05) is 6.04 Å². The Labute approximate surface area is 79.5 Å². The Morgan fingerprint density at radius 3 is 2.50 bits per heavy atom. The Kier molecular flexibility index (Phi) is 4.57. The monoisotopic (exact) mass is 192 g/mol. The van der Waals surface area contributed by atoms with E-state index in [1.807, 2.05) is 0 Å². The fraction of sp³-hybridized carbons (Fsp3) is 0.875. The lowest BCUT2D eigenvalue weighted by Gasteiger charge is -2.20. The Balaban J connectivity index is 0.00000121. The highest BCUT2D eigenvalue weighted by atomic mass is 35.5. The van der Waals surface area contributed by atoms with Crippen molar-refractivity contribution in [2.24, 2.45) is 17.6 Å². The third kappa shape index (κ3) is 2.35. The Hall–Kier alpha value is -0.280. The fourth-order valence-electron chi connectivity index (χ4n) is 1.75. The van der Waals surface area contributed by atoms with E-state index in [2.05, 4.69) is 19.2 Å². The highest BCUT2D eigenvalue weighted by Gasteiger charge is 2.32. The number of nitrogens with one attached hydrogen (secondary N) is 1. The van der Waals surface area contributed by atoms with Crippen molar-refractivity contribution in [1.82, 2.24) is 5.32 Å². The summed E-state index contributed by atoms with van der Waals surface area (Å²) in [4.78, 5) is 10.9. The summed E-state index contributed by atoms with van der Waals surface area (Å²) in [5.74, 6) is 0.388. The highest BCUT2D eigenvalue weighted by Crippen LogP contribution is 2.20. The van der Waals surface area contributed by atoms with Crippen molar-refractivity contribution in [1.29, 1.82) is 0 Å². The van der Waals surface area contributed by atoms with Crippen LogP contribution in [0.1, 0.15) is 20.3 Å². The van der Waals surface area contributed by atoms with Crippen molar-refractivity contribution in [3.8, 4) is 0 Å². The molecule has 1 aliphatic heterocycles. The van der Waals surface area contributed by atoms with E-state index < -0.39 is 0 Å². The first-order valence-electron chi connectivity index (χ1n) is 4.15. The molecule has 2 atom stereocenters. The number of hydrogen-bond acceptors (Lipinski definition) is 2. The molecule has 0 aliphatic carbocycles. The maximum Gasteiger partial charge on any atom is 0.222 e. The molecule has 72 valence electrons. The SMILES string of the molecule is CC(C)C1NCCC1C(N)=O.Cl. The van der Waals surface area contributed by atoms with Crippen LogP contribution in [0.3, 0.4) is 0 Å². The zero-order valence-corrected chi connectivity index (χ0v) is 8.36. The van der Waals surface area contributed by atoms with Crippen LogP contribution in [0, 0.1) is 11.8 Å². The van der Waals surface area contributed by atoms with Crippen LogP contribution in [0.25, 0.3) is 0 Å². The van der Waals surface area contributed by atoms with E-state index in [9.17, 15) is 4.79 Å². The van der Waals surface area contributed by atoms with Gasteiger partial charge in [-0.25, -0.2) is 0 Å². The van der Waals surface area contributed by atoms with E-state index in [1.54, 1.807) is 0 Å². The minimum Gasteiger partial charge on any atom is -0.369 e. The van der Waals surface area contributed by atoms with Gasteiger partial charge in [-0.15, -0.1) is 12.4 Å². The highest BCUT2D eigenvalue weighted by molar-refractivity contribution is 5.85. The summed E-state index contributed by atoms with van der Waals surface area (Å²) in [5, 5.41) is 3.29. The number of amides is 1. The molecule has 4 heteroatoms. The maximum atomic E-state index is 10.9. The summed E-state index contributed by atoms with van der Waals surface area (Å²) in [6.45, 7) is 5.15. The van der Waals surface area contributed by atoms with Gasteiger partial charge in [0.05, 0.1) is 5.92 Å². The van der Waals surface area contributed by atoms with Crippen LogP contribution in [0.15, 0.2) is 0 Å². The van der Waals surface area contributed by atoms with Gasteiger partial charge in [-0.1, -0.05) is 13.8 Å². The maximum absolute atomic E-state index is 10.9. The molecule has 3 nitrogen and oxygen atoms in total. The number of halogens is 1. The van der Waals surface area contributed by atoms with Crippen LogP contribution in [0.5, 0.6) is 0 Å². The second-order valence-corrected chi connectivity index (χ2v) is 3.52. The van der Waals surface area contributed by atoms with Gasteiger partial charge in [0.25, 0.3) is 0 Å². The zero-order chi connectivity index (χ0) is 8.43. The molecular formula is C8H17ClN2O. The molecule has 2 unspecified atom stereocenters. The molecule has 0 aromatic carbocycles. The zero-order valence-electron chi connectivity index (χ0n) is 7.54. The Morgan fingerprint density at radius 1 is 1.58 bits per heavy atom. The van der Waals surface area contributed by atoms with E-state index in [1.165, 1.54) is 0 Å². The van der Waals surface area contributed by atoms with Crippen LogP contribution in [-0.2, 0) is 4.79 Å². The molecule has 0 aromatic heterocycles. The molecule has 1 aliphatic rings. The first kappa shape index (κ1) is 11.7. The van der Waals surface area contributed by atoms with Crippen LogP contribution in [0.4, 0.5) is 0 Å². The van der Waals surface area contributed by atoms with Crippen molar-refractivity contribution < 1.29 is 4.79 Å². The molecule has 1 amide bonds. The van der Waals surface area contributed by atoms with Gasteiger partial charge in [-0.2, -0.15) is 0 Å². The van der Waals surface area contributed by atoms with Crippen LogP contribution in [0.2, 0.25) is 0 Å². The van der Waals surface area contributed by atoms with Crippen molar-refractivity contribution in [3.63, 3.8) is 0 Å². The standard InChI is InChI=1S/C8H16N2O.ClH/c1-5(2)7-6(8(9)11)3-4-10-7;/h5-7,10H,3-4H2,1-2H3,(H2,9,11);1H. The summed E-state index contributed by atoms with van der Waals surface area (Å²) < 4.78 is 0. The molecule has 0 radical (unpaired) electrons. The first-order valence-corrected chi connectivity index (χ1v) is 4.15. The number of nitrogens with two attached hydrogens (primary N) is 1. The Bertz CT molecular complexity index is 161. The van der Waals surface area contributed by atoms with Crippen molar-refractivity contribution in [3.05, 3.63) is 0 Å². The molecule has 1 rings (SSSR count). The predicted octanol–water partition coefficient (Wildman–Crippen LogP) is 0.528. The van der Waals surface area contributed by atoms with Gasteiger partial charge in [0.2, 0.25) is 5.91 Å². The molecule has 12 heavy (non-hydrogen) atoms. The largest absolute Gasteiger partial charge is 0.369 e. The van der Waals surface area contributed by atoms with Crippen LogP contribution in [-0.4, -0.2) is 18.5 Å². The molecule has 0 aromatic rings. The summed E-state index contributed by atoms with van der Waals surface area (Å²) in [5.41, 5.74) is 5.25. The molecule has 0 spiro atoms. The molecule has 1 fully saturated rings. The van der Waals surface area contributed by atoms with E-state index in [4.69, 9.17) is 5.73 Å². The topological polar surface area (TPSA) is 55.1 Å². The smallest absolute Gasteiger partial charge is 0.222 e. The van der Waals surface area contributed by atoms with Crippen molar-refractivity contribution in [2.45, 2.75) is 26.3 Å². The van der Waals surface area contributed by atoms with Crippen molar-refractivity contribution >= 4 is 18.3 Å². The third-order valence-corrected chi connectivity index (χ3v) is 2.35. The molecular weight excluding hydrogens is 176 g/mol. The lowest BCUT2D eigenvalue weighted by Crippen LogP contribution is -2.38. The normalized spacial score (nSPS) is 28.6. The Morgan fingerprint density at radius 2 is 2.17 bits per heavy atom. The number of hydrogen-bond donors (Lipinski definition) is 2. The van der Waals surface area contributed by atoms with Gasteiger partial charge >= 0.3 is 0 Å². The minimum absolute atomic E-state index is 0. The molecule has 1 heterocycles. The van der Waals surface area contributed by atoms with Crippen molar-refractivity contribution in [2.75, 3.05) is 6.54 Å². The second-order valence-electron chi connectivity index (χ2n) is 3.52. The van der Waals surface area contributed by atoms with Gasteiger partial charge in [-0.05, 0) is 18.9 Å². The van der Waals surface area contributed by atoms with Gasteiger partial charge < -0.3 is 11.1 Å². The number of carbonyl (C=O) groups excluding carboxylic acids is 1. The van der Waals surface area contributed by atoms with Gasteiger partial charge in [-0.3, -0.25) is 4.79 Å². The molecule has 3 N–H and O–H groups in total. The lowest BCUT2D eigenvalue weighted by molar-refractivity contribution is -0.122. The van der Waals surface area contributed by atoms with E-state index in [-0.39, 0.29) is 24.2 Å². The van der Waals surface area contributed by atoms with E-state index in [0.29, 0.717) is 12.0 Å². The summed E-state index contributed by atoms with van der Waals surface area (Å²) in [6, 6.07) is 0.299. The summed E-state index contributed by atoms with van der Waals surface area (Å²) in [6.07, 6.45) is 0.901.